The first-order valence-corrected chi connectivity index (χ1v) is 4.49. The maximum atomic E-state index is 2.85. The predicted molar refractivity (Wildman–Crippen MR) is 50.2 cm³/mol. The highest BCUT2D eigenvalue weighted by Gasteiger charge is 2.08. The van der Waals surface area contributed by atoms with Crippen LogP contribution in [-0.4, -0.2) is 5.66 Å². The molecule has 0 saturated heterocycles. The van der Waals surface area contributed by atoms with Crippen molar-refractivity contribution in [3.8, 4) is 0 Å². The molecule has 0 spiro atoms. The van der Waals surface area contributed by atoms with Gasteiger partial charge in [0.25, 0.3) is 0 Å². The van der Waals surface area contributed by atoms with E-state index < -0.39 is 0 Å². The van der Waals surface area contributed by atoms with Crippen molar-refractivity contribution in [3.63, 3.8) is 0 Å². The highest BCUT2D eigenvalue weighted by molar-refractivity contribution is 7.17. The number of hydrogen-bond acceptors (Lipinski definition) is 0. The topological polar surface area (TPSA) is 0 Å². The largest absolute Gasteiger partial charge is 0.130 e. The predicted octanol–water partition coefficient (Wildman–Crippen LogP) is 2.77. The van der Waals surface area contributed by atoms with Gasteiger partial charge in [-0.05, 0) is 18.0 Å². The third-order valence-electron chi connectivity index (χ3n) is 1.88. The minimum atomic E-state index is 0.669. The third kappa shape index (κ3) is 1.95. The second kappa shape index (κ2) is 3.34. The second-order valence-electron chi connectivity index (χ2n) is 3.15. The normalized spacial score (nSPS) is 25.2. The average molecular weight is 154 g/mol. The van der Waals surface area contributed by atoms with Crippen LogP contribution in [0.15, 0.2) is 23.8 Å². The van der Waals surface area contributed by atoms with E-state index in [2.05, 4.69) is 41.3 Å². The van der Waals surface area contributed by atoms with E-state index in [1.54, 1.807) is 5.57 Å². The summed E-state index contributed by atoms with van der Waals surface area (Å²) in [6.07, 6.45) is 7.86. The minimum Gasteiger partial charge on any atom is -0.130 e. The summed E-state index contributed by atoms with van der Waals surface area (Å²) in [6, 6.07) is 0. The quantitative estimate of drug-likeness (QED) is 0.509. The van der Waals surface area contributed by atoms with Crippen LogP contribution >= 0.6 is 9.24 Å². The fourth-order valence-corrected chi connectivity index (χ4v) is 1.56. The van der Waals surface area contributed by atoms with Crippen molar-refractivity contribution >= 4 is 9.24 Å². The number of allylic oxidation sites excluding steroid dienone is 4. The van der Waals surface area contributed by atoms with Gasteiger partial charge in [0, 0.05) is 0 Å². The van der Waals surface area contributed by atoms with Crippen LogP contribution in [0.4, 0.5) is 0 Å². The molecule has 0 N–H and O–H groups in total. The van der Waals surface area contributed by atoms with Gasteiger partial charge in [-0.1, -0.05) is 37.6 Å². The summed E-state index contributed by atoms with van der Waals surface area (Å²) in [7, 11) is 2.85. The molecule has 0 heterocycles. The van der Waals surface area contributed by atoms with Gasteiger partial charge >= 0.3 is 0 Å². The Kier molecular flexibility index (Phi) is 2.68. The molecule has 0 aromatic carbocycles. The van der Waals surface area contributed by atoms with E-state index in [9.17, 15) is 0 Å². The van der Waals surface area contributed by atoms with Crippen LogP contribution in [0.5, 0.6) is 0 Å². The van der Waals surface area contributed by atoms with Crippen LogP contribution in [0.1, 0.15) is 20.3 Å². The van der Waals surface area contributed by atoms with Crippen LogP contribution in [0.2, 0.25) is 0 Å². The molecule has 0 aliphatic heterocycles. The van der Waals surface area contributed by atoms with Crippen molar-refractivity contribution in [2.24, 2.45) is 5.92 Å². The summed E-state index contributed by atoms with van der Waals surface area (Å²) in [5.41, 5.74) is 2.24. The minimum absolute atomic E-state index is 0.669. The Bertz CT molecular complexity index is 166. The summed E-state index contributed by atoms with van der Waals surface area (Å²) in [4.78, 5) is 0. The summed E-state index contributed by atoms with van der Waals surface area (Å²) in [5.74, 6) is 0.716. The smallest absolute Gasteiger partial charge is 0.00453 e. The third-order valence-corrected chi connectivity index (χ3v) is 2.34. The molecular formula is C9H15P. The molecule has 0 bridgehead atoms. The Morgan fingerprint density at radius 3 is 2.70 bits per heavy atom. The van der Waals surface area contributed by atoms with Crippen LogP contribution in [0.25, 0.3) is 0 Å². The molecule has 2 atom stereocenters. The van der Waals surface area contributed by atoms with Gasteiger partial charge in [0.15, 0.2) is 0 Å². The van der Waals surface area contributed by atoms with Crippen LogP contribution in [0.3, 0.4) is 0 Å². The van der Waals surface area contributed by atoms with Gasteiger partial charge in [-0.15, -0.1) is 9.24 Å². The molecule has 1 heteroatoms. The molecule has 2 unspecified atom stereocenters. The molecule has 56 valence electrons. The Balaban J connectivity index is 2.61. The van der Waals surface area contributed by atoms with Crippen LogP contribution in [0, 0.1) is 5.92 Å². The van der Waals surface area contributed by atoms with E-state index in [0.717, 1.165) is 0 Å². The van der Waals surface area contributed by atoms with Gasteiger partial charge in [-0.3, -0.25) is 0 Å². The first kappa shape index (κ1) is 8.01. The first-order valence-electron chi connectivity index (χ1n) is 3.83. The molecule has 1 rings (SSSR count). The van der Waals surface area contributed by atoms with Gasteiger partial charge in [0.05, 0.1) is 0 Å². The Morgan fingerprint density at radius 1 is 1.60 bits per heavy atom. The zero-order valence-electron chi connectivity index (χ0n) is 6.67. The van der Waals surface area contributed by atoms with E-state index in [4.69, 9.17) is 0 Å². The monoisotopic (exact) mass is 154 g/mol. The lowest BCUT2D eigenvalue weighted by Gasteiger charge is -2.16. The fraction of sp³-hybridized carbons (Fsp3) is 0.556. The maximum Gasteiger partial charge on any atom is -0.00453 e. The standard InChI is InChI=1S/C9H15P/c1-7(2)8-4-3-5-9(10)6-8/h3-5,7,9H,6,10H2,1-2H3. The molecule has 0 aromatic rings. The van der Waals surface area contributed by atoms with Gasteiger partial charge < -0.3 is 0 Å². The second-order valence-corrected chi connectivity index (χ2v) is 4.01. The van der Waals surface area contributed by atoms with Crippen molar-refractivity contribution in [2.75, 3.05) is 0 Å². The van der Waals surface area contributed by atoms with E-state index in [-0.39, 0.29) is 0 Å². The molecule has 10 heavy (non-hydrogen) atoms. The molecule has 0 radical (unpaired) electrons. The fourth-order valence-electron chi connectivity index (χ4n) is 1.16. The highest BCUT2D eigenvalue weighted by Crippen LogP contribution is 2.24. The van der Waals surface area contributed by atoms with Gasteiger partial charge in [-0.2, -0.15) is 0 Å². The number of hydrogen-bond donors (Lipinski definition) is 0. The summed E-state index contributed by atoms with van der Waals surface area (Å²) in [6.45, 7) is 4.50. The molecule has 0 aromatic heterocycles. The Morgan fingerprint density at radius 2 is 2.30 bits per heavy atom. The SMILES string of the molecule is CC(C)C1=CC=CC(P)C1. The van der Waals surface area contributed by atoms with Crippen LogP contribution in [-0.2, 0) is 0 Å². The lowest BCUT2D eigenvalue weighted by molar-refractivity contribution is 0.714. The number of rotatable bonds is 1. The van der Waals surface area contributed by atoms with Crippen molar-refractivity contribution in [3.05, 3.63) is 23.8 Å². The molecule has 0 saturated carbocycles. The first-order chi connectivity index (χ1) is 4.70. The molecule has 1 aliphatic rings. The molecular weight excluding hydrogens is 139 g/mol. The van der Waals surface area contributed by atoms with Gasteiger partial charge in [0.2, 0.25) is 0 Å². The van der Waals surface area contributed by atoms with Crippen molar-refractivity contribution in [1.82, 2.24) is 0 Å². The van der Waals surface area contributed by atoms with Gasteiger partial charge in [-0.25, -0.2) is 0 Å². The lowest BCUT2D eigenvalue weighted by atomic mass is 9.95. The van der Waals surface area contributed by atoms with E-state index in [1.165, 1.54) is 6.42 Å². The molecule has 1 aliphatic carbocycles. The van der Waals surface area contributed by atoms with Crippen molar-refractivity contribution < 1.29 is 0 Å². The van der Waals surface area contributed by atoms with Crippen molar-refractivity contribution in [1.29, 1.82) is 0 Å². The summed E-state index contributed by atoms with van der Waals surface area (Å²) < 4.78 is 0. The van der Waals surface area contributed by atoms with E-state index >= 15 is 0 Å². The molecule has 0 amide bonds. The lowest BCUT2D eigenvalue weighted by Crippen LogP contribution is -2.04. The summed E-state index contributed by atoms with van der Waals surface area (Å²) >= 11 is 0. The summed E-state index contributed by atoms with van der Waals surface area (Å²) in [5, 5.41) is 0. The molecule has 0 fully saturated rings. The highest BCUT2D eigenvalue weighted by atomic mass is 31.0. The Labute approximate surface area is 65.6 Å². The van der Waals surface area contributed by atoms with Crippen molar-refractivity contribution in [2.45, 2.75) is 25.9 Å². The van der Waals surface area contributed by atoms with Gasteiger partial charge in [0.1, 0.15) is 0 Å². The van der Waals surface area contributed by atoms with E-state index in [0.29, 0.717) is 11.6 Å². The average Bonchev–Trinajstić information content (AvgIpc) is 1.88. The van der Waals surface area contributed by atoms with E-state index in [1.807, 2.05) is 0 Å². The zero-order valence-corrected chi connectivity index (χ0v) is 7.83. The molecule has 0 nitrogen and oxygen atoms in total. The zero-order chi connectivity index (χ0) is 7.56. The van der Waals surface area contributed by atoms with Crippen LogP contribution < -0.4 is 0 Å². The maximum absolute atomic E-state index is 2.85. The Hall–Kier alpha value is -0.0900.